The van der Waals surface area contributed by atoms with Gasteiger partial charge in [0, 0.05) is 43.5 Å². The van der Waals surface area contributed by atoms with E-state index < -0.39 is 35.3 Å². The van der Waals surface area contributed by atoms with E-state index in [2.05, 4.69) is 34.7 Å². The molecule has 3 aromatic carbocycles. The van der Waals surface area contributed by atoms with E-state index in [1.165, 1.54) is 10.5 Å². The molecule has 8 rings (SSSR count). The quantitative estimate of drug-likeness (QED) is 0.191. The van der Waals surface area contributed by atoms with Gasteiger partial charge >= 0.3 is 6.01 Å². The lowest BCUT2D eigenvalue weighted by molar-refractivity contribution is -0.131. The first kappa shape index (κ1) is 31.6. The van der Waals surface area contributed by atoms with Crippen molar-refractivity contribution in [3.8, 4) is 23.2 Å². The Labute approximate surface area is 282 Å². The van der Waals surface area contributed by atoms with Crippen molar-refractivity contribution in [2.75, 3.05) is 44.2 Å². The number of halogens is 3. The SMILES string of the molecule is C=C(F)C(=O)N1CCN(c2nc(OC[C@@]34CCCN3C[C@H](F)C4)nc3c(F)c(-c4cccc5cccc(C6CC6)c45)ccc23)C[C@@H]1CC#N. The molecule has 1 saturated carbocycles. The van der Waals surface area contributed by atoms with Crippen molar-refractivity contribution in [1.29, 1.82) is 5.26 Å². The Balaban J connectivity index is 1.23. The third kappa shape index (κ3) is 5.56. The maximum atomic E-state index is 17.0. The molecule has 3 saturated heterocycles. The average molecular weight is 667 g/mol. The zero-order valence-electron chi connectivity index (χ0n) is 27.2. The number of piperazine rings is 1. The summed E-state index contributed by atoms with van der Waals surface area (Å²) in [5.74, 6) is -1.60. The van der Waals surface area contributed by atoms with E-state index in [0.29, 0.717) is 35.7 Å². The standard InChI is InChI=1S/C38H37F3N6O2/c1-23(39)36(48)47-18-17-45(21-27(47)13-15-42)35-31-12-11-30(29-8-3-6-25-5-2-7-28(32(25)29)24-9-10-24)33(41)34(31)43-37(44-35)49-22-38-14-4-16-46(38)20-26(40)19-38/h2-3,5-8,11-12,24,26-27H,1,4,9-10,13-14,16-22H2/t26-,27+,38+/m1/s1. The van der Waals surface area contributed by atoms with Gasteiger partial charge in [0.05, 0.1) is 24.1 Å². The highest BCUT2D eigenvalue weighted by Gasteiger charge is 2.49. The van der Waals surface area contributed by atoms with Crippen LogP contribution in [0.15, 0.2) is 60.9 Å². The molecular formula is C38H37F3N6O2. The summed E-state index contributed by atoms with van der Waals surface area (Å²) < 4.78 is 51.8. The Bertz CT molecular complexity index is 2020. The normalized spacial score (nSPS) is 24.0. The lowest BCUT2D eigenvalue weighted by Gasteiger charge is -2.41. The van der Waals surface area contributed by atoms with Crippen LogP contribution >= 0.6 is 0 Å². The van der Waals surface area contributed by atoms with E-state index in [4.69, 9.17) is 9.72 Å². The molecule has 0 unspecified atom stereocenters. The van der Waals surface area contributed by atoms with Gasteiger partial charge in [0.15, 0.2) is 11.6 Å². The van der Waals surface area contributed by atoms with Crippen molar-refractivity contribution in [3.05, 3.63) is 72.3 Å². The van der Waals surface area contributed by atoms with Gasteiger partial charge in [0.25, 0.3) is 5.91 Å². The van der Waals surface area contributed by atoms with Crippen LogP contribution in [0.25, 0.3) is 32.8 Å². The Morgan fingerprint density at radius 1 is 1.06 bits per heavy atom. The number of nitrogens with zero attached hydrogens (tertiary/aromatic N) is 6. The predicted octanol–water partition coefficient (Wildman–Crippen LogP) is 6.84. The van der Waals surface area contributed by atoms with Gasteiger partial charge in [-0.3, -0.25) is 9.69 Å². The molecule has 4 aliphatic rings. The molecule has 0 N–H and O–H groups in total. The van der Waals surface area contributed by atoms with Gasteiger partial charge in [0.1, 0.15) is 24.1 Å². The third-order valence-corrected chi connectivity index (χ3v) is 10.8. The molecule has 1 amide bonds. The summed E-state index contributed by atoms with van der Waals surface area (Å²) in [5.41, 5.74) is 2.04. The number of hydrogen-bond acceptors (Lipinski definition) is 7. The number of nitriles is 1. The number of ether oxygens (including phenoxy) is 1. The number of anilines is 1. The smallest absolute Gasteiger partial charge is 0.319 e. The second kappa shape index (κ2) is 12.3. The number of alkyl halides is 1. The monoisotopic (exact) mass is 666 g/mol. The molecular weight excluding hydrogens is 629 g/mol. The van der Waals surface area contributed by atoms with Gasteiger partial charge in [-0.25, -0.2) is 13.2 Å². The Morgan fingerprint density at radius 3 is 2.65 bits per heavy atom. The van der Waals surface area contributed by atoms with Crippen LogP contribution in [0.3, 0.4) is 0 Å². The molecule has 11 heteroatoms. The van der Waals surface area contributed by atoms with Gasteiger partial charge < -0.3 is 14.5 Å². The lowest BCUT2D eigenvalue weighted by Crippen LogP contribution is -2.55. The Morgan fingerprint density at radius 2 is 1.88 bits per heavy atom. The van der Waals surface area contributed by atoms with Gasteiger partial charge in [0.2, 0.25) is 0 Å². The minimum atomic E-state index is -1.09. The first-order chi connectivity index (χ1) is 23.8. The van der Waals surface area contributed by atoms with Gasteiger partial charge in [-0.05, 0) is 66.1 Å². The fourth-order valence-electron chi connectivity index (χ4n) is 8.37. The molecule has 0 bridgehead atoms. The lowest BCUT2D eigenvalue weighted by atomic mass is 9.92. The van der Waals surface area contributed by atoms with Crippen molar-refractivity contribution in [2.45, 2.75) is 62.2 Å². The molecule has 3 aliphatic heterocycles. The predicted molar refractivity (Wildman–Crippen MR) is 181 cm³/mol. The highest BCUT2D eigenvalue weighted by Crippen LogP contribution is 2.46. The fourth-order valence-corrected chi connectivity index (χ4v) is 8.37. The van der Waals surface area contributed by atoms with E-state index in [1.54, 1.807) is 6.07 Å². The second-order valence-corrected chi connectivity index (χ2v) is 13.9. The number of fused-ring (bicyclic) bond motifs is 3. The van der Waals surface area contributed by atoms with Crippen LogP contribution in [0.5, 0.6) is 6.01 Å². The summed E-state index contributed by atoms with van der Waals surface area (Å²) >= 11 is 0. The highest BCUT2D eigenvalue weighted by atomic mass is 19.1. The van der Waals surface area contributed by atoms with Crippen LogP contribution in [-0.4, -0.2) is 82.8 Å². The molecule has 4 heterocycles. The first-order valence-electron chi connectivity index (χ1n) is 17.1. The Kier molecular flexibility index (Phi) is 7.94. The van der Waals surface area contributed by atoms with Crippen LogP contribution in [0.4, 0.5) is 19.0 Å². The van der Waals surface area contributed by atoms with Crippen LogP contribution in [0.1, 0.15) is 50.0 Å². The minimum Gasteiger partial charge on any atom is -0.461 e. The zero-order chi connectivity index (χ0) is 33.9. The van der Waals surface area contributed by atoms with E-state index in [1.807, 2.05) is 35.2 Å². The molecule has 8 nitrogen and oxygen atoms in total. The van der Waals surface area contributed by atoms with Crippen LogP contribution in [0, 0.1) is 17.1 Å². The molecule has 0 radical (unpaired) electrons. The maximum Gasteiger partial charge on any atom is 0.319 e. The molecule has 252 valence electrons. The zero-order valence-corrected chi connectivity index (χ0v) is 27.2. The summed E-state index contributed by atoms with van der Waals surface area (Å²) in [6, 6.07) is 17.2. The number of carbonyl (C=O) groups excluding carboxylic acids is 1. The summed E-state index contributed by atoms with van der Waals surface area (Å²) in [6.07, 6.45) is 3.35. The van der Waals surface area contributed by atoms with Gasteiger partial charge in [-0.1, -0.05) is 49.0 Å². The van der Waals surface area contributed by atoms with Gasteiger partial charge in [-0.2, -0.15) is 15.2 Å². The molecule has 4 aromatic rings. The highest BCUT2D eigenvalue weighted by molar-refractivity contribution is 6.02. The number of amides is 1. The molecule has 3 atom stereocenters. The van der Waals surface area contributed by atoms with E-state index >= 15 is 4.39 Å². The average Bonchev–Trinajstić information content (AvgIpc) is 3.81. The van der Waals surface area contributed by atoms with E-state index in [9.17, 15) is 18.8 Å². The molecule has 49 heavy (non-hydrogen) atoms. The molecule has 4 fully saturated rings. The number of benzene rings is 3. The summed E-state index contributed by atoms with van der Waals surface area (Å²) in [6.45, 7) is 5.03. The molecule has 0 spiro atoms. The maximum absolute atomic E-state index is 17.0. The first-order valence-corrected chi connectivity index (χ1v) is 17.1. The summed E-state index contributed by atoms with van der Waals surface area (Å²) in [5, 5.41) is 12.1. The summed E-state index contributed by atoms with van der Waals surface area (Å²) in [7, 11) is 0. The van der Waals surface area contributed by atoms with Crippen molar-refractivity contribution < 1.29 is 22.7 Å². The van der Waals surface area contributed by atoms with Crippen LogP contribution in [-0.2, 0) is 4.79 Å². The van der Waals surface area contributed by atoms with Crippen molar-refractivity contribution in [2.24, 2.45) is 0 Å². The number of carbonyl (C=O) groups is 1. The third-order valence-electron chi connectivity index (χ3n) is 10.8. The number of aromatic nitrogens is 2. The van der Waals surface area contributed by atoms with Crippen molar-refractivity contribution >= 4 is 33.4 Å². The van der Waals surface area contributed by atoms with E-state index in [0.717, 1.165) is 48.6 Å². The minimum absolute atomic E-state index is 0.0221. The Hall–Kier alpha value is -4.69. The number of hydrogen-bond donors (Lipinski definition) is 0. The number of rotatable bonds is 8. The van der Waals surface area contributed by atoms with Crippen LogP contribution < -0.4 is 9.64 Å². The fraction of sp³-hybridized carbons (Fsp3) is 0.421. The van der Waals surface area contributed by atoms with Crippen LogP contribution in [0.2, 0.25) is 0 Å². The molecule has 1 aromatic heterocycles. The van der Waals surface area contributed by atoms with E-state index in [-0.39, 0.29) is 44.2 Å². The topological polar surface area (TPSA) is 85.6 Å². The molecule has 1 aliphatic carbocycles. The van der Waals surface area contributed by atoms with Crippen molar-refractivity contribution in [1.82, 2.24) is 19.8 Å². The van der Waals surface area contributed by atoms with Crippen molar-refractivity contribution in [3.63, 3.8) is 0 Å². The summed E-state index contributed by atoms with van der Waals surface area (Å²) in [4.78, 5) is 27.4. The largest absolute Gasteiger partial charge is 0.461 e. The van der Waals surface area contributed by atoms with Gasteiger partial charge in [-0.15, -0.1) is 0 Å². The second-order valence-electron chi connectivity index (χ2n) is 13.9.